The van der Waals surface area contributed by atoms with E-state index in [9.17, 15) is 9.59 Å². The van der Waals surface area contributed by atoms with Crippen molar-refractivity contribution in [2.45, 2.75) is 19.4 Å². The average Bonchev–Trinajstić information content (AvgIpc) is 2.59. The Morgan fingerprint density at radius 1 is 1.44 bits per heavy atom. The van der Waals surface area contributed by atoms with Gasteiger partial charge in [-0.2, -0.15) is 0 Å². The van der Waals surface area contributed by atoms with Gasteiger partial charge < -0.3 is 4.74 Å². The molecule has 1 saturated heterocycles. The summed E-state index contributed by atoms with van der Waals surface area (Å²) in [6.45, 7) is 1.78. The van der Waals surface area contributed by atoms with Crippen LogP contribution >= 0.6 is 0 Å². The van der Waals surface area contributed by atoms with Crippen LogP contribution in [0.2, 0.25) is 0 Å². The van der Waals surface area contributed by atoms with Crippen LogP contribution in [0, 0.1) is 0 Å². The van der Waals surface area contributed by atoms with Crippen LogP contribution in [0.5, 0.6) is 5.75 Å². The van der Waals surface area contributed by atoms with Gasteiger partial charge in [-0.25, -0.2) is 9.80 Å². The van der Waals surface area contributed by atoms with E-state index in [1.165, 1.54) is 5.01 Å². The number of benzene rings is 1. The molecule has 1 N–H and O–H groups in total. The van der Waals surface area contributed by atoms with Crippen LogP contribution in [-0.2, 0) is 4.79 Å². The number of hydrazine groups is 1. The summed E-state index contributed by atoms with van der Waals surface area (Å²) in [5.41, 5.74) is 2.44. The van der Waals surface area contributed by atoms with Gasteiger partial charge in [0, 0.05) is 0 Å². The normalized spacial score (nSPS) is 19.4. The Morgan fingerprint density at radius 3 is 2.69 bits per heavy atom. The molecule has 0 radical (unpaired) electrons. The molecule has 0 bridgehead atoms. The van der Waals surface area contributed by atoms with E-state index in [2.05, 4.69) is 5.43 Å². The Hall–Kier alpha value is -2.04. The van der Waals surface area contributed by atoms with Crippen molar-refractivity contribution in [3.63, 3.8) is 0 Å². The third-order valence-electron chi connectivity index (χ3n) is 2.31. The molecule has 5 heteroatoms. The Labute approximate surface area is 93.0 Å². The molecular weight excluding hydrogens is 208 g/mol. The summed E-state index contributed by atoms with van der Waals surface area (Å²) in [7, 11) is 0. The van der Waals surface area contributed by atoms with E-state index in [4.69, 9.17) is 4.74 Å². The number of nitrogens with zero attached hydrogens (tertiary/aromatic N) is 1. The largest absolute Gasteiger partial charge is 0.434 e. The molecule has 16 heavy (non-hydrogen) atoms. The molecule has 1 atom stereocenters. The van der Waals surface area contributed by atoms with Crippen molar-refractivity contribution >= 4 is 12.0 Å². The van der Waals surface area contributed by atoms with Crippen LogP contribution in [0.1, 0.15) is 13.3 Å². The predicted molar refractivity (Wildman–Crippen MR) is 56.5 cm³/mol. The first-order chi connectivity index (χ1) is 7.66. The molecule has 2 rings (SSSR count). The van der Waals surface area contributed by atoms with Crippen molar-refractivity contribution in [1.29, 1.82) is 0 Å². The van der Waals surface area contributed by atoms with Gasteiger partial charge in [-0.1, -0.05) is 18.2 Å². The van der Waals surface area contributed by atoms with Crippen LogP contribution in [-0.4, -0.2) is 23.1 Å². The maximum absolute atomic E-state index is 11.7. The topological polar surface area (TPSA) is 58.6 Å². The second-order valence-corrected chi connectivity index (χ2v) is 3.64. The van der Waals surface area contributed by atoms with E-state index in [-0.39, 0.29) is 11.9 Å². The second-order valence-electron chi connectivity index (χ2n) is 3.64. The number of rotatable bonds is 1. The fraction of sp³-hybridized carbons (Fsp3) is 0.273. The first-order valence-electron chi connectivity index (χ1n) is 5.02. The quantitative estimate of drug-likeness (QED) is 0.776. The van der Waals surface area contributed by atoms with Gasteiger partial charge in [0.05, 0.1) is 12.5 Å². The average molecular weight is 220 g/mol. The number of amides is 2. The standard InChI is InChI=1S/C11H12N2O3/c1-8-7-10(14)12-13(8)11(15)16-9-5-3-2-4-6-9/h2-6,8H,7H2,1H3,(H,12,14). The molecule has 1 aliphatic rings. The zero-order valence-electron chi connectivity index (χ0n) is 8.84. The van der Waals surface area contributed by atoms with Gasteiger partial charge in [0.25, 0.3) is 0 Å². The fourth-order valence-electron chi connectivity index (χ4n) is 1.51. The summed E-state index contributed by atoms with van der Waals surface area (Å²) in [5.74, 6) is 0.290. The van der Waals surface area contributed by atoms with Crippen LogP contribution in [0.25, 0.3) is 0 Å². The maximum Gasteiger partial charge on any atom is 0.434 e. The van der Waals surface area contributed by atoms with Gasteiger partial charge in [0.2, 0.25) is 5.91 Å². The van der Waals surface area contributed by atoms with Crippen molar-refractivity contribution in [2.75, 3.05) is 0 Å². The molecule has 0 spiro atoms. The number of carbonyl (C=O) groups excluding carboxylic acids is 2. The molecule has 1 fully saturated rings. The lowest BCUT2D eigenvalue weighted by Gasteiger charge is -2.19. The number of hydrogen-bond donors (Lipinski definition) is 1. The van der Waals surface area contributed by atoms with Gasteiger partial charge in [0.15, 0.2) is 0 Å². The predicted octanol–water partition coefficient (Wildman–Crippen LogP) is 1.31. The Balaban J connectivity index is 2.01. The number of carbonyl (C=O) groups is 2. The molecule has 1 aromatic carbocycles. The first-order valence-corrected chi connectivity index (χ1v) is 5.02. The molecular formula is C11H12N2O3. The summed E-state index contributed by atoms with van der Waals surface area (Å²) in [5, 5.41) is 1.20. The first kappa shape index (κ1) is 10.5. The smallest absolute Gasteiger partial charge is 0.409 e. The van der Waals surface area contributed by atoms with Crippen LogP contribution in [0.15, 0.2) is 30.3 Å². The summed E-state index contributed by atoms with van der Waals surface area (Å²) in [6, 6.07) is 8.56. The monoisotopic (exact) mass is 220 g/mol. The molecule has 1 aromatic rings. The Morgan fingerprint density at radius 2 is 2.12 bits per heavy atom. The minimum absolute atomic E-state index is 0.169. The van der Waals surface area contributed by atoms with Crippen molar-refractivity contribution in [3.05, 3.63) is 30.3 Å². The Bertz CT molecular complexity index is 405. The summed E-state index contributed by atoms with van der Waals surface area (Å²) >= 11 is 0. The molecule has 1 aliphatic heterocycles. The number of para-hydroxylation sites is 1. The van der Waals surface area contributed by atoms with Gasteiger partial charge in [0.1, 0.15) is 5.75 Å². The molecule has 0 saturated carbocycles. The minimum Gasteiger partial charge on any atom is -0.409 e. The van der Waals surface area contributed by atoms with Gasteiger partial charge in [-0.3, -0.25) is 10.2 Å². The fourth-order valence-corrected chi connectivity index (χ4v) is 1.51. The highest BCUT2D eigenvalue weighted by Crippen LogP contribution is 2.14. The third-order valence-corrected chi connectivity index (χ3v) is 2.31. The SMILES string of the molecule is CC1CC(=O)NN1C(=O)Oc1ccccc1. The zero-order valence-corrected chi connectivity index (χ0v) is 8.84. The van der Waals surface area contributed by atoms with E-state index < -0.39 is 6.09 Å². The van der Waals surface area contributed by atoms with Gasteiger partial charge >= 0.3 is 6.09 Å². The maximum atomic E-state index is 11.7. The van der Waals surface area contributed by atoms with Gasteiger partial charge in [-0.05, 0) is 19.1 Å². The lowest BCUT2D eigenvalue weighted by Crippen LogP contribution is -2.43. The molecule has 84 valence electrons. The zero-order chi connectivity index (χ0) is 11.5. The van der Waals surface area contributed by atoms with E-state index >= 15 is 0 Å². The molecule has 1 unspecified atom stereocenters. The summed E-state index contributed by atoms with van der Waals surface area (Å²) < 4.78 is 5.09. The summed E-state index contributed by atoms with van der Waals surface area (Å²) in [6.07, 6.45) is -0.256. The van der Waals surface area contributed by atoms with Crippen LogP contribution < -0.4 is 10.2 Å². The number of ether oxygens (including phenoxy) is 1. The van der Waals surface area contributed by atoms with Crippen molar-refractivity contribution in [3.8, 4) is 5.75 Å². The van der Waals surface area contributed by atoms with Crippen LogP contribution in [0.3, 0.4) is 0 Å². The molecule has 0 aromatic heterocycles. The van der Waals surface area contributed by atoms with E-state index in [0.29, 0.717) is 12.2 Å². The van der Waals surface area contributed by atoms with E-state index in [1.807, 2.05) is 6.07 Å². The highest BCUT2D eigenvalue weighted by molar-refractivity contribution is 5.83. The summed E-state index contributed by atoms with van der Waals surface area (Å²) in [4.78, 5) is 22.7. The Kier molecular flexibility index (Phi) is 2.76. The van der Waals surface area contributed by atoms with Crippen molar-refractivity contribution < 1.29 is 14.3 Å². The lowest BCUT2D eigenvalue weighted by molar-refractivity contribution is -0.120. The number of nitrogens with one attached hydrogen (secondary N) is 1. The molecule has 5 nitrogen and oxygen atoms in total. The third kappa shape index (κ3) is 2.13. The molecule has 0 aliphatic carbocycles. The molecule has 1 heterocycles. The highest BCUT2D eigenvalue weighted by atomic mass is 16.6. The van der Waals surface area contributed by atoms with Gasteiger partial charge in [-0.15, -0.1) is 0 Å². The van der Waals surface area contributed by atoms with Crippen LogP contribution in [0.4, 0.5) is 4.79 Å². The molecule has 2 amide bonds. The highest BCUT2D eigenvalue weighted by Gasteiger charge is 2.31. The number of hydrogen-bond acceptors (Lipinski definition) is 3. The van der Waals surface area contributed by atoms with Crippen molar-refractivity contribution in [2.24, 2.45) is 0 Å². The van der Waals surface area contributed by atoms with E-state index in [0.717, 1.165) is 0 Å². The second kappa shape index (κ2) is 4.22. The minimum atomic E-state index is -0.565. The van der Waals surface area contributed by atoms with E-state index in [1.54, 1.807) is 31.2 Å². The lowest BCUT2D eigenvalue weighted by atomic mass is 10.2. The van der Waals surface area contributed by atoms with Crippen molar-refractivity contribution in [1.82, 2.24) is 10.4 Å².